The minimum Gasteiger partial charge on any atom is -0.398 e. The number of aryl methyl sites for hydroxylation is 1. The van der Waals surface area contributed by atoms with Gasteiger partial charge in [0.15, 0.2) is 5.82 Å². The average Bonchev–Trinajstić information content (AvgIpc) is 3.14. The Labute approximate surface area is 158 Å². The minimum absolute atomic E-state index is 0.540. The second kappa shape index (κ2) is 8.91. The zero-order valence-electron chi connectivity index (χ0n) is 15.2. The summed E-state index contributed by atoms with van der Waals surface area (Å²) in [6.45, 7) is 4.61. The van der Waals surface area contributed by atoms with E-state index in [2.05, 4.69) is 15.0 Å². The lowest BCUT2D eigenvalue weighted by molar-refractivity contribution is 0.0685. The highest BCUT2D eigenvalue weighted by Crippen LogP contribution is 2.13. The summed E-state index contributed by atoms with van der Waals surface area (Å²) in [5.41, 5.74) is 8.64. The molecule has 2 aromatic rings. The van der Waals surface area contributed by atoms with E-state index in [9.17, 15) is 0 Å². The summed E-state index contributed by atoms with van der Waals surface area (Å²) in [6.07, 6.45) is 9.87. The highest BCUT2D eigenvalue weighted by atomic mass is 16.5. The standard InChI is InChI=1S/C19H23N7O/c1-15-5-9-26(24-15)18(2-6-20)23-19(25-10-12-27-13-11-25)14-17(21)16-3-7-22-8-4-16/h2-9,14,20H,10-13,21H2,1H3. The van der Waals surface area contributed by atoms with Crippen molar-refractivity contribution < 1.29 is 4.74 Å². The first-order valence-corrected chi connectivity index (χ1v) is 8.70. The maximum Gasteiger partial charge on any atom is 0.157 e. The molecule has 0 amide bonds. The molecular weight excluding hydrogens is 342 g/mol. The smallest absolute Gasteiger partial charge is 0.157 e. The summed E-state index contributed by atoms with van der Waals surface area (Å²) in [4.78, 5) is 10.9. The molecule has 8 heteroatoms. The summed E-state index contributed by atoms with van der Waals surface area (Å²) in [5, 5.41) is 11.9. The number of morpholine rings is 1. The van der Waals surface area contributed by atoms with Gasteiger partial charge in [0.2, 0.25) is 0 Å². The Kier molecular flexibility index (Phi) is 6.11. The van der Waals surface area contributed by atoms with Gasteiger partial charge < -0.3 is 20.8 Å². The molecule has 0 aliphatic carbocycles. The summed E-state index contributed by atoms with van der Waals surface area (Å²) in [6, 6.07) is 5.60. The number of amidine groups is 1. The third-order valence-corrected chi connectivity index (χ3v) is 4.05. The van der Waals surface area contributed by atoms with E-state index >= 15 is 0 Å². The van der Waals surface area contributed by atoms with Crippen molar-refractivity contribution in [2.24, 2.45) is 10.7 Å². The van der Waals surface area contributed by atoms with Crippen LogP contribution in [-0.2, 0) is 4.74 Å². The van der Waals surface area contributed by atoms with Crippen molar-refractivity contribution >= 4 is 23.6 Å². The van der Waals surface area contributed by atoms with Gasteiger partial charge in [0, 0.05) is 61.3 Å². The number of nitrogens with two attached hydrogens (primary N) is 1. The quantitative estimate of drug-likeness (QED) is 0.620. The monoisotopic (exact) mass is 365 g/mol. The van der Waals surface area contributed by atoms with E-state index < -0.39 is 0 Å². The van der Waals surface area contributed by atoms with E-state index in [0.29, 0.717) is 30.6 Å². The molecule has 1 saturated heterocycles. The topological polar surface area (TPSA) is 105 Å². The molecule has 140 valence electrons. The van der Waals surface area contributed by atoms with Crippen molar-refractivity contribution in [3.05, 3.63) is 60.2 Å². The second-order valence-electron chi connectivity index (χ2n) is 6.00. The first-order valence-electron chi connectivity index (χ1n) is 8.70. The molecule has 1 fully saturated rings. The lowest BCUT2D eigenvalue weighted by Crippen LogP contribution is -2.40. The zero-order chi connectivity index (χ0) is 19.1. The van der Waals surface area contributed by atoms with Gasteiger partial charge in [-0.1, -0.05) is 0 Å². The Hall–Kier alpha value is -3.26. The molecule has 0 radical (unpaired) electrons. The molecule has 1 aliphatic rings. The number of aliphatic imine (C=N–C) groups is 1. The van der Waals surface area contributed by atoms with Gasteiger partial charge in [-0.05, 0) is 25.1 Å². The number of nitrogens with one attached hydrogen (secondary N) is 1. The van der Waals surface area contributed by atoms with Gasteiger partial charge in [0.05, 0.1) is 18.9 Å². The van der Waals surface area contributed by atoms with Crippen molar-refractivity contribution in [2.75, 3.05) is 26.3 Å². The van der Waals surface area contributed by atoms with Gasteiger partial charge in [-0.2, -0.15) is 5.10 Å². The van der Waals surface area contributed by atoms with Crippen molar-refractivity contribution in [1.82, 2.24) is 19.7 Å². The Balaban J connectivity index is 2.01. The molecule has 3 rings (SSSR count). The first-order chi connectivity index (χ1) is 13.2. The van der Waals surface area contributed by atoms with Gasteiger partial charge in [0.1, 0.15) is 5.84 Å². The van der Waals surface area contributed by atoms with Crippen molar-refractivity contribution in [2.45, 2.75) is 6.92 Å². The molecule has 0 atom stereocenters. The van der Waals surface area contributed by atoms with Crippen LogP contribution in [0.15, 0.2) is 53.9 Å². The van der Waals surface area contributed by atoms with Crippen LogP contribution >= 0.6 is 0 Å². The van der Waals surface area contributed by atoms with E-state index in [-0.39, 0.29) is 0 Å². The van der Waals surface area contributed by atoms with Crippen LogP contribution in [0.2, 0.25) is 0 Å². The first kappa shape index (κ1) is 18.5. The number of hydrogen-bond donors (Lipinski definition) is 2. The van der Waals surface area contributed by atoms with Gasteiger partial charge >= 0.3 is 0 Å². The Morgan fingerprint density at radius 1 is 1.26 bits per heavy atom. The highest BCUT2D eigenvalue weighted by molar-refractivity contribution is 6.01. The number of rotatable bonds is 5. The predicted molar refractivity (Wildman–Crippen MR) is 106 cm³/mol. The van der Waals surface area contributed by atoms with E-state index in [1.807, 2.05) is 37.4 Å². The molecule has 3 heterocycles. The van der Waals surface area contributed by atoms with E-state index in [1.54, 1.807) is 23.2 Å². The fraction of sp³-hybridized carbons (Fsp3) is 0.263. The number of pyridine rings is 1. The third-order valence-electron chi connectivity index (χ3n) is 4.05. The summed E-state index contributed by atoms with van der Waals surface area (Å²) >= 11 is 0. The molecular formula is C19H23N7O. The van der Waals surface area contributed by atoms with Gasteiger partial charge in [-0.25, -0.2) is 9.67 Å². The van der Waals surface area contributed by atoms with Crippen LogP contribution in [-0.4, -0.2) is 58.0 Å². The molecule has 0 saturated carbocycles. The van der Waals surface area contributed by atoms with Gasteiger partial charge in [-0.3, -0.25) is 4.98 Å². The highest BCUT2D eigenvalue weighted by Gasteiger charge is 2.15. The van der Waals surface area contributed by atoms with Gasteiger partial charge in [0.25, 0.3) is 0 Å². The number of ether oxygens (including phenoxy) is 1. The van der Waals surface area contributed by atoms with E-state index in [1.165, 1.54) is 6.21 Å². The second-order valence-corrected chi connectivity index (χ2v) is 6.00. The van der Waals surface area contributed by atoms with E-state index in [0.717, 1.165) is 24.3 Å². The molecule has 0 unspecified atom stereocenters. The SMILES string of the molecule is Cc1ccn(C(=CC=N)N=C(C=C(N)c2ccncc2)N2CCOCC2)n1. The Morgan fingerprint density at radius 2 is 2.00 bits per heavy atom. The number of nitrogens with zero attached hydrogens (tertiary/aromatic N) is 5. The van der Waals surface area contributed by atoms with Gasteiger partial charge in [-0.15, -0.1) is 0 Å². The lowest BCUT2D eigenvalue weighted by Gasteiger charge is -2.29. The van der Waals surface area contributed by atoms with Crippen LogP contribution in [0, 0.1) is 12.3 Å². The minimum atomic E-state index is 0.540. The van der Waals surface area contributed by atoms with E-state index in [4.69, 9.17) is 20.9 Å². The molecule has 0 spiro atoms. The van der Waals surface area contributed by atoms with Crippen LogP contribution in [0.1, 0.15) is 11.3 Å². The van der Waals surface area contributed by atoms with Crippen LogP contribution in [0.25, 0.3) is 11.5 Å². The summed E-state index contributed by atoms with van der Waals surface area (Å²) in [5.74, 6) is 1.24. The maximum atomic E-state index is 7.46. The molecule has 2 aromatic heterocycles. The molecule has 3 N–H and O–H groups in total. The maximum absolute atomic E-state index is 7.46. The third kappa shape index (κ3) is 4.89. The van der Waals surface area contributed by atoms with Crippen LogP contribution < -0.4 is 5.73 Å². The largest absolute Gasteiger partial charge is 0.398 e. The van der Waals surface area contributed by atoms with Crippen molar-refractivity contribution in [3.63, 3.8) is 0 Å². The van der Waals surface area contributed by atoms with Crippen molar-refractivity contribution in [3.8, 4) is 0 Å². The Morgan fingerprint density at radius 3 is 2.63 bits per heavy atom. The summed E-state index contributed by atoms with van der Waals surface area (Å²) < 4.78 is 7.10. The van der Waals surface area contributed by atoms with Crippen molar-refractivity contribution in [1.29, 1.82) is 5.41 Å². The lowest BCUT2D eigenvalue weighted by atomic mass is 10.2. The molecule has 8 nitrogen and oxygen atoms in total. The Bertz CT molecular complexity index is 861. The number of allylic oxidation sites excluding steroid dienone is 1. The zero-order valence-corrected chi connectivity index (χ0v) is 15.2. The fourth-order valence-corrected chi connectivity index (χ4v) is 2.65. The van der Waals surface area contributed by atoms with Crippen LogP contribution in [0.4, 0.5) is 0 Å². The normalized spacial score (nSPS) is 16.5. The predicted octanol–water partition coefficient (Wildman–Crippen LogP) is 1.76. The molecule has 0 aromatic carbocycles. The number of hydrogen-bond acceptors (Lipinski definition) is 6. The molecule has 1 aliphatic heterocycles. The van der Waals surface area contributed by atoms with Crippen LogP contribution in [0.3, 0.4) is 0 Å². The summed E-state index contributed by atoms with van der Waals surface area (Å²) in [7, 11) is 0. The molecule has 0 bridgehead atoms. The number of aromatic nitrogens is 3. The fourth-order valence-electron chi connectivity index (χ4n) is 2.65. The van der Waals surface area contributed by atoms with Crippen LogP contribution in [0.5, 0.6) is 0 Å². The molecule has 27 heavy (non-hydrogen) atoms. The average molecular weight is 365 g/mol.